The van der Waals surface area contributed by atoms with Gasteiger partial charge in [0.2, 0.25) is 0 Å². The summed E-state index contributed by atoms with van der Waals surface area (Å²) in [4.78, 5) is 17.3. The number of carbonyl (C=O) groups excluding carboxylic acids is 1. The second-order valence-corrected chi connectivity index (χ2v) is 9.37. The molecular formula is C29H23ClN4O2S. The van der Waals surface area contributed by atoms with Crippen LogP contribution in [0.5, 0.6) is 5.75 Å². The Morgan fingerprint density at radius 3 is 2.59 bits per heavy atom. The van der Waals surface area contributed by atoms with Crippen LogP contribution in [0.15, 0.2) is 95.4 Å². The molecule has 0 radical (unpaired) electrons. The molecule has 4 aromatic carbocycles. The lowest BCUT2D eigenvalue weighted by molar-refractivity contribution is 0.0955. The van der Waals surface area contributed by atoms with E-state index in [1.165, 1.54) is 11.3 Å². The smallest absolute Gasteiger partial charge is 0.271 e. The summed E-state index contributed by atoms with van der Waals surface area (Å²) in [6, 6.07) is 26.6. The number of rotatable bonds is 8. The minimum absolute atomic E-state index is 0.302. The first-order valence-corrected chi connectivity index (χ1v) is 12.9. The van der Waals surface area contributed by atoms with Crippen LogP contribution in [-0.2, 0) is 0 Å². The maximum atomic E-state index is 12.7. The van der Waals surface area contributed by atoms with Crippen molar-refractivity contribution in [3.8, 4) is 17.0 Å². The quantitative estimate of drug-likeness (QED) is 0.162. The molecule has 1 heterocycles. The molecule has 2 N–H and O–H groups in total. The molecule has 0 unspecified atom stereocenters. The number of benzene rings is 4. The minimum Gasteiger partial charge on any atom is -0.493 e. The Balaban J connectivity index is 1.26. The summed E-state index contributed by atoms with van der Waals surface area (Å²) in [5.41, 5.74) is 6.59. The molecule has 184 valence electrons. The van der Waals surface area contributed by atoms with Crippen LogP contribution in [0, 0.1) is 0 Å². The zero-order valence-electron chi connectivity index (χ0n) is 19.9. The number of nitrogens with zero attached hydrogens (tertiary/aromatic N) is 2. The van der Waals surface area contributed by atoms with E-state index < -0.39 is 0 Å². The number of amides is 1. The molecule has 0 aliphatic rings. The van der Waals surface area contributed by atoms with Crippen molar-refractivity contribution in [3.63, 3.8) is 0 Å². The van der Waals surface area contributed by atoms with E-state index in [2.05, 4.69) is 20.8 Å². The number of aromatic nitrogens is 1. The Labute approximate surface area is 223 Å². The van der Waals surface area contributed by atoms with Gasteiger partial charge in [-0.25, -0.2) is 10.4 Å². The number of hydrazone groups is 1. The lowest BCUT2D eigenvalue weighted by Gasteiger charge is -2.10. The molecule has 0 atom stereocenters. The van der Waals surface area contributed by atoms with Crippen molar-refractivity contribution in [1.29, 1.82) is 0 Å². The zero-order chi connectivity index (χ0) is 25.6. The van der Waals surface area contributed by atoms with Crippen LogP contribution in [0.4, 0.5) is 10.8 Å². The molecule has 0 saturated carbocycles. The second kappa shape index (κ2) is 11.2. The fraction of sp³-hybridized carbons (Fsp3) is 0.0690. The summed E-state index contributed by atoms with van der Waals surface area (Å²) >= 11 is 7.45. The van der Waals surface area contributed by atoms with Crippen molar-refractivity contribution in [2.45, 2.75) is 6.92 Å². The molecule has 5 rings (SSSR count). The van der Waals surface area contributed by atoms with E-state index in [0.717, 1.165) is 44.2 Å². The third kappa shape index (κ3) is 5.80. The Hall–Kier alpha value is -4.20. The summed E-state index contributed by atoms with van der Waals surface area (Å²) in [6.45, 7) is 2.47. The van der Waals surface area contributed by atoms with Crippen LogP contribution in [-0.4, -0.2) is 23.7 Å². The molecule has 0 bridgehead atoms. The Bertz CT molecular complexity index is 1560. The van der Waals surface area contributed by atoms with Gasteiger partial charge >= 0.3 is 0 Å². The normalized spacial score (nSPS) is 11.1. The summed E-state index contributed by atoms with van der Waals surface area (Å²) in [5.74, 6) is 0.418. The average Bonchev–Trinajstić information content (AvgIpc) is 3.39. The first kappa shape index (κ1) is 24.5. The average molecular weight is 527 g/mol. The molecule has 1 amide bonds. The summed E-state index contributed by atoms with van der Waals surface area (Å²) in [7, 11) is 0. The fourth-order valence-electron chi connectivity index (χ4n) is 3.82. The highest BCUT2D eigenvalue weighted by Crippen LogP contribution is 2.28. The minimum atomic E-state index is -0.302. The Morgan fingerprint density at radius 2 is 1.81 bits per heavy atom. The van der Waals surface area contributed by atoms with Gasteiger partial charge in [-0.1, -0.05) is 54.1 Å². The second-order valence-electron chi connectivity index (χ2n) is 8.08. The maximum absolute atomic E-state index is 12.7. The van der Waals surface area contributed by atoms with Gasteiger partial charge < -0.3 is 10.1 Å². The largest absolute Gasteiger partial charge is 0.493 e. The summed E-state index contributed by atoms with van der Waals surface area (Å²) < 4.78 is 5.76. The topological polar surface area (TPSA) is 75.6 Å². The van der Waals surface area contributed by atoms with Crippen molar-refractivity contribution < 1.29 is 9.53 Å². The number of ether oxygens (including phenoxy) is 1. The number of carbonyl (C=O) groups is 1. The highest BCUT2D eigenvalue weighted by atomic mass is 35.5. The van der Waals surface area contributed by atoms with Crippen LogP contribution in [0.2, 0.25) is 5.02 Å². The van der Waals surface area contributed by atoms with Gasteiger partial charge in [-0.2, -0.15) is 5.10 Å². The van der Waals surface area contributed by atoms with Crippen molar-refractivity contribution in [2.75, 3.05) is 11.9 Å². The molecule has 0 saturated heterocycles. The van der Waals surface area contributed by atoms with Gasteiger partial charge in [0, 0.05) is 32.8 Å². The van der Waals surface area contributed by atoms with Crippen LogP contribution in [0.1, 0.15) is 22.8 Å². The van der Waals surface area contributed by atoms with Crippen LogP contribution in [0.25, 0.3) is 22.0 Å². The van der Waals surface area contributed by atoms with E-state index in [9.17, 15) is 4.79 Å². The zero-order valence-corrected chi connectivity index (χ0v) is 21.5. The van der Waals surface area contributed by atoms with Gasteiger partial charge in [0.05, 0.1) is 18.5 Å². The standard InChI is InChI=1S/C29H23ClN4O2S/c1-2-36-27-16-11-19-5-3-4-6-24(19)25(27)17-31-34-28(35)21-9-7-20(8-10-21)26-18-37-29(33-26)32-23-14-12-22(30)13-15-23/h3-18H,2H2,1H3,(H,32,33)(H,34,35)/b31-17-. The van der Waals surface area contributed by atoms with Crippen molar-refractivity contribution in [1.82, 2.24) is 10.4 Å². The first-order chi connectivity index (χ1) is 18.1. The predicted molar refractivity (Wildman–Crippen MR) is 152 cm³/mol. The third-order valence-corrected chi connectivity index (χ3v) is 6.64. The molecule has 0 aliphatic carbocycles. The highest BCUT2D eigenvalue weighted by molar-refractivity contribution is 7.14. The molecule has 1 aromatic heterocycles. The number of fused-ring (bicyclic) bond motifs is 1. The summed E-state index contributed by atoms with van der Waals surface area (Å²) in [5, 5.41) is 13.0. The van der Waals surface area contributed by atoms with Crippen molar-refractivity contribution in [3.05, 3.63) is 106 Å². The van der Waals surface area contributed by atoms with Gasteiger partial charge in [0.1, 0.15) is 5.75 Å². The fourth-order valence-corrected chi connectivity index (χ4v) is 4.69. The monoisotopic (exact) mass is 526 g/mol. The number of anilines is 2. The first-order valence-electron chi connectivity index (χ1n) is 11.7. The van der Waals surface area contributed by atoms with Crippen molar-refractivity contribution >= 4 is 56.7 Å². The number of halogens is 1. The molecular weight excluding hydrogens is 504 g/mol. The van der Waals surface area contributed by atoms with Gasteiger partial charge in [-0.05, 0) is 60.2 Å². The number of hydrogen-bond acceptors (Lipinski definition) is 6. The molecule has 6 nitrogen and oxygen atoms in total. The van der Waals surface area contributed by atoms with E-state index in [0.29, 0.717) is 17.2 Å². The van der Waals surface area contributed by atoms with Crippen LogP contribution >= 0.6 is 22.9 Å². The van der Waals surface area contributed by atoms with Crippen LogP contribution < -0.4 is 15.5 Å². The molecule has 0 fully saturated rings. The van der Waals surface area contributed by atoms with Gasteiger partial charge in [0.25, 0.3) is 5.91 Å². The van der Waals surface area contributed by atoms with E-state index in [4.69, 9.17) is 16.3 Å². The van der Waals surface area contributed by atoms with E-state index in [-0.39, 0.29) is 5.91 Å². The van der Waals surface area contributed by atoms with Crippen molar-refractivity contribution in [2.24, 2.45) is 5.10 Å². The molecule has 0 aliphatic heterocycles. The number of thiazole rings is 1. The lowest BCUT2D eigenvalue weighted by Crippen LogP contribution is -2.17. The molecule has 5 aromatic rings. The lowest BCUT2D eigenvalue weighted by atomic mass is 10.0. The van der Waals surface area contributed by atoms with E-state index >= 15 is 0 Å². The molecule has 8 heteroatoms. The van der Waals surface area contributed by atoms with E-state index in [1.54, 1.807) is 18.3 Å². The third-order valence-electron chi connectivity index (χ3n) is 5.63. The Kier molecular flexibility index (Phi) is 7.44. The van der Waals surface area contributed by atoms with Gasteiger partial charge in [0.15, 0.2) is 5.13 Å². The van der Waals surface area contributed by atoms with Gasteiger partial charge in [-0.15, -0.1) is 11.3 Å². The Morgan fingerprint density at radius 1 is 1.03 bits per heavy atom. The highest BCUT2D eigenvalue weighted by Gasteiger charge is 2.10. The maximum Gasteiger partial charge on any atom is 0.271 e. The SMILES string of the molecule is CCOc1ccc2ccccc2c1/C=N\NC(=O)c1ccc(-c2csc(Nc3ccc(Cl)cc3)n2)cc1. The molecule has 0 spiro atoms. The summed E-state index contributed by atoms with van der Waals surface area (Å²) in [6.07, 6.45) is 1.63. The van der Waals surface area contributed by atoms with E-state index in [1.807, 2.05) is 85.1 Å². The number of hydrogen-bond donors (Lipinski definition) is 2. The van der Waals surface area contributed by atoms with Gasteiger partial charge in [-0.3, -0.25) is 4.79 Å². The van der Waals surface area contributed by atoms with Crippen LogP contribution in [0.3, 0.4) is 0 Å². The number of nitrogens with one attached hydrogen (secondary N) is 2. The molecule has 37 heavy (non-hydrogen) atoms. The predicted octanol–water partition coefficient (Wildman–Crippen LogP) is 7.52.